The highest BCUT2D eigenvalue weighted by atomic mass is 32.2. The van der Waals surface area contributed by atoms with Gasteiger partial charge in [-0.05, 0) is 48.9 Å². The summed E-state index contributed by atoms with van der Waals surface area (Å²) in [7, 11) is -3.08. The minimum atomic E-state index is -5.06. The maximum Gasteiger partial charge on any atom is 0.417 e. The monoisotopic (exact) mass is 505 g/mol. The molecule has 1 aliphatic heterocycles. The lowest BCUT2D eigenvalue weighted by Gasteiger charge is -2.32. The number of urea groups is 1. The molecule has 186 valence electrons. The van der Waals surface area contributed by atoms with Gasteiger partial charge >= 0.3 is 12.2 Å². The van der Waals surface area contributed by atoms with Crippen LogP contribution < -0.4 is 15.4 Å². The maximum atomic E-state index is 13.4. The zero-order chi connectivity index (χ0) is 25.1. The molecular formula is C21H23F4N3O5S. The Kier molecular flexibility index (Phi) is 7.68. The number of halogens is 4. The lowest BCUT2D eigenvalue weighted by atomic mass is 10.2. The van der Waals surface area contributed by atoms with E-state index in [1.54, 1.807) is 25.1 Å². The van der Waals surface area contributed by atoms with Gasteiger partial charge in [-0.1, -0.05) is 0 Å². The van der Waals surface area contributed by atoms with Crippen LogP contribution in [0.5, 0.6) is 5.75 Å². The number of morpholine rings is 1. The number of ether oxygens (including phenoxy) is 2. The average molecular weight is 505 g/mol. The lowest BCUT2D eigenvalue weighted by molar-refractivity contribution is -0.140. The molecule has 0 aliphatic carbocycles. The third-order valence-corrected chi connectivity index (χ3v) is 7.06. The van der Waals surface area contributed by atoms with Crippen LogP contribution in [0.15, 0.2) is 41.3 Å². The van der Waals surface area contributed by atoms with E-state index in [9.17, 15) is 30.8 Å². The Bertz CT molecular complexity index is 1160. The first-order chi connectivity index (χ1) is 15.9. The Balaban J connectivity index is 1.66. The fourth-order valence-corrected chi connectivity index (χ4v) is 5.05. The molecule has 1 heterocycles. The van der Waals surface area contributed by atoms with E-state index < -0.39 is 44.6 Å². The van der Waals surface area contributed by atoms with Crippen molar-refractivity contribution in [2.75, 3.05) is 38.7 Å². The molecule has 1 unspecified atom stereocenters. The largest absolute Gasteiger partial charge is 0.497 e. The number of rotatable bonds is 6. The average Bonchev–Trinajstić information content (AvgIpc) is 2.78. The molecule has 0 radical (unpaired) electrons. The highest BCUT2D eigenvalue weighted by Crippen LogP contribution is 2.36. The number of anilines is 1. The molecule has 2 N–H and O–H groups in total. The molecular weight excluding hydrogens is 482 g/mol. The third-order valence-electron chi connectivity index (χ3n) is 5.14. The third kappa shape index (κ3) is 5.96. The molecule has 0 aromatic heterocycles. The molecule has 8 nitrogen and oxygen atoms in total. The van der Waals surface area contributed by atoms with Gasteiger partial charge in [0.05, 0.1) is 30.3 Å². The normalized spacial score (nSPS) is 17.3. The molecule has 0 saturated carbocycles. The van der Waals surface area contributed by atoms with Crippen LogP contribution in [-0.4, -0.2) is 58.2 Å². The van der Waals surface area contributed by atoms with Crippen LogP contribution in [0.2, 0.25) is 0 Å². The minimum absolute atomic E-state index is 0.0900. The number of alkyl halides is 3. The highest BCUT2D eigenvalue weighted by molar-refractivity contribution is 7.89. The summed E-state index contributed by atoms with van der Waals surface area (Å²) in [6.45, 7) is 1.11. The summed E-state index contributed by atoms with van der Waals surface area (Å²) in [4.78, 5) is 11.2. The predicted molar refractivity (Wildman–Crippen MR) is 115 cm³/mol. The molecule has 0 spiro atoms. The van der Waals surface area contributed by atoms with Crippen LogP contribution in [-0.2, 0) is 20.9 Å². The first kappa shape index (κ1) is 25.7. The fourth-order valence-electron chi connectivity index (χ4n) is 3.40. The molecule has 1 fully saturated rings. The van der Waals surface area contributed by atoms with Crippen LogP contribution in [0.1, 0.15) is 11.1 Å². The quantitative estimate of drug-likeness (QED) is 0.587. The summed E-state index contributed by atoms with van der Waals surface area (Å²) in [6, 6.07) is 5.88. The van der Waals surface area contributed by atoms with Gasteiger partial charge in [-0.25, -0.2) is 17.6 Å². The van der Waals surface area contributed by atoms with Crippen molar-refractivity contribution in [3.05, 3.63) is 53.3 Å². The number of nitrogens with zero attached hydrogens (tertiary/aromatic N) is 1. The van der Waals surface area contributed by atoms with Gasteiger partial charge in [0.2, 0.25) is 10.0 Å². The van der Waals surface area contributed by atoms with Crippen LogP contribution in [0.4, 0.5) is 28.0 Å². The highest BCUT2D eigenvalue weighted by Gasteiger charge is 2.40. The van der Waals surface area contributed by atoms with Crippen LogP contribution in [0.3, 0.4) is 0 Å². The van der Waals surface area contributed by atoms with Crippen molar-refractivity contribution in [1.29, 1.82) is 0 Å². The van der Waals surface area contributed by atoms with Crippen LogP contribution in [0, 0.1) is 12.7 Å². The van der Waals surface area contributed by atoms with E-state index in [4.69, 9.17) is 9.47 Å². The number of carbonyl (C=O) groups excluding carboxylic acids is 1. The van der Waals surface area contributed by atoms with Crippen molar-refractivity contribution in [1.82, 2.24) is 9.62 Å². The number of carbonyl (C=O) groups is 1. The van der Waals surface area contributed by atoms with Crippen molar-refractivity contribution in [2.24, 2.45) is 0 Å². The number of hydrogen-bond donors (Lipinski definition) is 2. The Morgan fingerprint density at radius 2 is 1.97 bits per heavy atom. The molecule has 1 atom stereocenters. The molecule has 2 amide bonds. The van der Waals surface area contributed by atoms with Crippen molar-refractivity contribution >= 4 is 21.7 Å². The van der Waals surface area contributed by atoms with E-state index in [1.165, 1.54) is 7.11 Å². The topological polar surface area (TPSA) is 97.0 Å². The summed E-state index contributed by atoms with van der Waals surface area (Å²) in [5, 5.41) is 5.20. The summed E-state index contributed by atoms with van der Waals surface area (Å²) in [6.07, 6.45) is -5.86. The molecule has 1 saturated heterocycles. The van der Waals surface area contributed by atoms with Crippen molar-refractivity contribution in [3.8, 4) is 5.75 Å². The zero-order valence-corrected chi connectivity index (χ0v) is 19.1. The number of sulfonamides is 1. The number of benzene rings is 2. The van der Waals surface area contributed by atoms with Crippen molar-refractivity contribution in [3.63, 3.8) is 0 Å². The van der Waals surface area contributed by atoms with E-state index in [0.717, 1.165) is 9.87 Å². The van der Waals surface area contributed by atoms with E-state index >= 15 is 0 Å². The van der Waals surface area contributed by atoms with E-state index in [2.05, 4.69) is 10.6 Å². The molecule has 34 heavy (non-hydrogen) atoms. The second-order valence-corrected chi connectivity index (χ2v) is 9.42. The SMILES string of the molecule is COc1ccc(NC(=O)NCC2CN(S(=O)(=O)c3ccc(F)cc3C(F)(F)F)CCO2)c(C)c1. The summed E-state index contributed by atoms with van der Waals surface area (Å²) >= 11 is 0. The minimum Gasteiger partial charge on any atom is -0.497 e. The second kappa shape index (κ2) is 10.2. The first-order valence-corrected chi connectivity index (χ1v) is 11.5. The second-order valence-electron chi connectivity index (χ2n) is 7.51. The molecule has 0 bridgehead atoms. The smallest absolute Gasteiger partial charge is 0.417 e. The van der Waals surface area contributed by atoms with E-state index in [-0.39, 0.29) is 32.3 Å². The lowest BCUT2D eigenvalue weighted by Crippen LogP contribution is -2.50. The van der Waals surface area contributed by atoms with Gasteiger partial charge in [0, 0.05) is 25.3 Å². The number of hydrogen-bond acceptors (Lipinski definition) is 5. The van der Waals surface area contributed by atoms with Gasteiger partial charge in [0.1, 0.15) is 11.6 Å². The van der Waals surface area contributed by atoms with Gasteiger partial charge in [-0.2, -0.15) is 17.5 Å². The molecule has 1 aliphatic rings. The number of methoxy groups -OCH3 is 1. The standard InChI is InChI=1S/C21H23F4N3O5S/c1-13-9-15(32-2)4-5-18(13)27-20(29)26-11-16-12-28(7-8-33-16)34(30,31)19-6-3-14(22)10-17(19)21(23,24)25/h3-6,9-10,16H,7-8,11-12H2,1-2H3,(H2,26,27,29). The Labute approximate surface area is 193 Å². The van der Waals surface area contributed by atoms with E-state index in [1.807, 2.05) is 0 Å². The Morgan fingerprint density at radius 3 is 2.62 bits per heavy atom. The summed E-state index contributed by atoms with van der Waals surface area (Å²) in [5.74, 6) is -0.580. The predicted octanol–water partition coefficient (Wildman–Crippen LogP) is 3.37. The molecule has 3 rings (SSSR count). The van der Waals surface area contributed by atoms with Gasteiger partial charge in [-0.15, -0.1) is 0 Å². The van der Waals surface area contributed by atoms with Gasteiger partial charge in [0.15, 0.2) is 0 Å². The van der Waals surface area contributed by atoms with Crippen molar-refractivity contribution < 1.29 is 40.2 Å². The molecule has 2 aromatic carbocycles. The number of aryl methyl sites for hydroxylation is 1. The molecule has 13 heteroatoms. The van der Waals surface area contributed by atoms with Gasteiger partial charge in [0.25, 0.3) is 0 Å². The van der Waals surface area contributed by atoms with Gasteiger partial charge in [-0.3, -0.25) is 0 Å². The zero-order valence-electron chi connectivity index (χ0n) is 18.3. The van der Waals surface area contributed by atoms with Gasteiger partial charge < -0.3 is 20.1 Å². The first-order valence-electron chi connectivity index (χ1n) is 10.1. The Hall–Kier alpha value is -2.90. The van der Waals surface area contributed by atoms with E-state index in [0.29, 0.717) is 23.6 Å². The maximum absolute atomic E-state index is 13.4. The number of nitrogens with one attached hydrogen (secondary N) is 2. The summed E-state index contributed by atoms with van der Waals surface area (Å²) < 4.78 is 90.6. The Morgan fingerprint density at radius 1 is 1.24 bits per heavy atom. The van der Waals surface area contributed by atoms with Crippen LogP contribution >= 0.6 is 0 Å². The number of amides is 2. The summed E-state index contributed by atoms with van der Waals surface area (Å²) in [5.41, 5.74) is -0.300. The molecule has 2 aromatic rings. The van der Waals surface area contributed by atoms with Crippen molar-refractivity contribution in [2.45, 2.75) is 24.1 Å². The fraction of sp³-hybridized carbons (Fsp3) is 0.381. The van der Waals surface area contributed by atoms with Crippen LogP contribution in [0.25, 0.3) is 0 Å².